The average Bonchev–Trinajstić information content (AvgIpc) is 3.61. The van der Waals surface area contributed by atoms with Crippen LogP contribution in [0.15, 0.2) is 0 Å². The van der Waals surface area contributed by atoms with Crippen LogP contribution in [0.3, 0.4) is 0 Å². The highest BCUT2D eigenvalue weighted by Gasteiger charge is 2.30. The van der Waals surface area contributed by atoms with E-state index in [0.29, 0.717) is 25.7 Å². The molecule has 0 aromatic rings. The molecule has 516 valence electrons. The van der Waals surface area contributed by atoms with Crippen LogP contribution >= 0.6 is 15.6 Å². The fourth-order valence-electron chi connectivity index (χ4n) is 10.3. The van der Waals surface area contributed by atoms with Crippen molar-refractivity contribution >= 4 is 39.5 Å². The van der Waals surface area contributed by atoms with Crippen LogP contribution in [-0.2, 0) is 65.4 Å². The van der Waals surface area contributed by atoms with Crippen LogP contribution in [0.25, 0.3) is 0 Å². The largest absolute Gasteiger partial charge is 0.472 e. The van der Waals surface area contributed by atoms with Gasteiger partial charge in [-0.2, -0.15) is 0 Å². The van der Waals surface area contributed by atoms with Gasteiger partial charge in [0.05, 0.1) is 26.4 Å². The Hall–Kier alpha value is -1.94. The Balaban J connectivity index is 5.18. The van der Waals surface area contributed by atoms with E-state index in [-0.39, 0.29) is 25.7 Å². The molecule has 0 aromatic carbocycles. The van der Waals surface area contributed by atoms with Gasteiger partial charge in [0.2, 0.25) is 0 Å². The summed E-state index contributed by atoms with van der Waals surface area (Å²) in [6.45, 7) is 7.18. The summed E-state index contributed by atoms with van der Waals surface area (Å²) in [5.41, 5.74) is 0. The highest BCUT2D eigenvalue weighted by molar-refractivity contribution is 7.47. The molecule has 3 N–H and O–H groups in total. The number of aliphatic hydroxyl groups excluding tert-OH is 1. The van der Waals surface area contributed by atoms with Gasteiger partial charge in [-0.15, -0.1) is 0 Å². The second kappa shape index (κ2) is 61.6. The normalized spacial score (nSPS) is 14.4. The van der Waals surface area contributed by atoms with Crippen LogP contribution in [0.4, 0.5) is 0 Å². The van der Waals surface area contributed by atoms with E-state index in [4.69, 9.17) is 37.0 Å². The van der Waals surface area contributed by atoms with Crippen molar-refractivity contribution in [3.05, 3.63) is 0 Å². The van der Waals surface area contributed by atoms with Gasteiger partial charge >= 0.3 is 39.5 Å². The number of ether oxygens (including phenoxy) is 4. The third-order valence-electron chi connectivity index (χ3n) is 16.1. The van der Waals surface area contributed by atoms with Crippen LogP contribution in [0, 0.1) is 5.92 Å². The minimum Gasteiger partial charge on any atom is -0.462 e. The Bertz CT molecular complexity index is 1690. The first-order valence-corrected chi connectivity index (χ1v) is 38.7. The van der Waals surface area contributed by atoms with Crippen molar-refractivity contribution in [1.82, 2.24) is 0 Å². The van der Waals surface area contributed by atoms with E-state index in [1.807, 2.05) is 0 Å². The van der Waals surface area contributed by atoms with Crippen LogP contribution in [-0.4, -0.2) is 96.7 Å². The lowest BCUT2D eigenvalue weighted by Gasteiger charge is -2.21. The molecule has 3 unspecified atom stereocenters. The summed E-state index contributed by atoms with van der Waals surface area (Å²) in [5, 5.41) is 10.6. The molecule has 19 heteroatoms. The van der Waals surface area contributed by atoms with E-state index in [1.165, 1.54) is 161 Å². The van der Waals surface area contributed by atoms with Crippen molar-refractivity contribution in [1.29, 1.82) is 0 Å². The van der Waals surface area contributed by atoms with Gasteiger partial charge in [-0.05, 0) is 31.6 Å². The van der Waals surface area contributed by atoms with E-state index in [9.17, 15) is 43.2 Å². The van der Waals surface area contributed by atoms with Gasteiger partial charge in [0.25, 0.3) is 0 Å². The van der Waals surface area contributed by atoms with Gasteiger partial charge in [-0.25, -0.2) is 9.13 Å². The molecule has 0 rings (SSSR count). The lowest BCUT2D eigenvalue weighted by atomic mass is 9.99. The lowest BCUT2D eigenvalue weighted by molar-refractivity contribution is -0.161. The molecule has 0 aromatic heterocycles. The summed E-state index contributed by atoms with van der Waals surface area (Å²) in [4.78, 5) is 72.3. The van der Waals surface area contributed by atoms with Crippen LogP contribution < -0.4 is 0 Å². The van der Waals surface area contributed by atoms with Crippen molar-refractivity contribution in [2.45, 2.75) is 368 Å². The fraction of sp³-hybridized carbons (Fsp3) is 0.941. The average molecular weight is 1280 g/mol. The van der Waals surface area contributed by atoms with Crippen molar-refractivity contribution in [3.8, 4) is 0 Å². The van der Waals surface area contributed by atoms with Gasteiger partial charge in [-0.3, -0.25) is 37.3 Å². The number of carbonyl (C=O) groups excluding carboxylic acids is 4. The molecule has 0 bridgehead atoms. The predicted octanol–water partition coefficient (Wildman–Crippen LogP) is 19.4. The standard InChI is InChI=1S/C68H132O17P2/c1-6-10-13-16-19-21-23-24-25-26-27-28-29-30-32-39-44-49-54-68(73)85-64(58-79-66(71)52-47-42-37-34-33-36-40-45-50-61(5)9-4)60-83-87(76,77)81-56-62(69)55-80-86(74,75)82-59-63(57-78-65(70)51-46-41-35-18-15-12-8-3)84-67(72)53-48-43-38-31-22-20-17-14-11-7-2/h61-64,69H,6-60H2,1-5H3,(H,74,75)(H,76,77)/t61?,62-,63+,64+/m0/s1. The number of hydrogen-bond donors (Lipinski definition) is 3. The molecule has 0 saturated carbocycles. The van der Waals surface area contributed by atoms with E-state index >= 15 is 0 Å². The summed E-state index contributed by atoms with van der Waals surface area (Å²) < 4.78 is 68.1. The molecule has 0 aliphatic heterocycles. The van der Waals surface area contributed by atoms with Crippen LogP contribution in [0.2, 0.25) is 0 Å². The molecular weight excluding hydrogens is 1150 g/mol. The van der Waals surface area contributed by atoms with Crippen molar-refractivity contribution < 1.29 is 80.2 Å². The van der Waals surface area contributed by atoms with E-state index in [2.05, 4.69) is 34.6 Å². The summed E-state index contributed by atoms with van der Waals surface area (Å²) in [5.74, 6) is -1.35. The molecule has 0 fully saturated rings. The Labute approximate surface area is 530 Å². The topological polar surface area (TPSA) is 237 Å². The summed E-state index contributed by atoms with van der Waals surface area (Å²) in [7, 11) is -9.89. The number of phosphoric acid groups is 2. The summed E-state index contributed by atoms with van der Waals surface area (Å²) >= 11 is 0. The van der Waals surface area contributed by atoms with Gasteiger partial charge in [0.1, 0.15) is 19.3 Å². The van der Waals surface area contributed by atoms with Crippen molar-refractivity contribution in [3.63, 3.8) is 0 Å². The molecule has 0 amide bonds. The number of phosphoric ester groups is 2. The quantitative estimate of drug-likeness (QED) is 0.0222. The first kappa shape index (κ1) is 85.1. The Morgan fingerprint density at radius 2 is 0.552 bits per heavy atom. The molecule has 0 aliphatic rings. The number of esters is 4. The summed E-state index contributed by atoms with van der Waals surface area (Å²) in [6, 6.07) is 0. The lowest BCUT2D eigenvalue weighted by Crippen LogP contribution is -2.30. The Morgan fingerprint density at radius 1 is 0.322 bits per heavy atom. The first-order valence-electron chi connectivity index (χ1n) is 35.7. The third-order valence-corrected chi connectivity index (χ3v) is 18.0. The highest BCUT2D eigenvalue weighted by Crippen LogP contribution is 2.45. The van der Waals surface area contributed by atoms with Gasteiger partial charge in [0, 0.05) is 25.7 Å². The molecule has 6 atom stereocenters. The Morgan fingerprint density at radius 3 is 0.816 bits per heavy atom. The molecule has 17 nitrogen and oxygen atoms in total. The van der Waals surface area contributed by atoms with Crippen LogP contribution in [0.5, 0.6) is 0 Å². The molecule has 0 heterocycles. The monoisotopic (exact) mass is 1280 g/mol. The fourth-order valence-corrected chi connectivity index (χ4v) is 11.8. The second-order valence-corrected chi connectivity index (χ2v) is 27.7. The van der Waals surface area contributed by atoms with Gasteiger partial charge < -0.3 is 33.8 Å². The third kappa shape index (κ3) is 61.3. The molecule has 0 aliphatic carbocycles. The zero-order chi connectivity index (χ0) is 64.2. The number of aliphatic hydroxyl groups is 1. The molecule has 0 radical (unpaired) electrons. The minimum absolute atomic E-state index is 0.106. The maximum absolute atomic E-state index is 13.0. The number of unbranched alkanes of at least 4 members (excludes halogenated alkanes) is 39. The van der Waals surface area contributed by atoms with Gasteiger partial charge in [-0.1, -0.05) is 298 Å². The van der Waals surface area contributed by atoms with Gasteiger partial charge in [0.15, 0.2) is 12.2 Å². The second-order valence-electron chi connectivity index (χ2n) is 24.8. The minimum atomic E-state index is -4.95. The SMILES string of the molecule is CCCCCCCCCCCCCCCCCCCCC(=O)O[C@H](COC(=O)CCCCCCCCCCC(C)CC)COP(=O)(O)OC[C@@H](O)COP(=O)(O)OC[C@@H](COC(=O)CCCCCCCCC)OC(=O)CCCCCCCCCCCC. The predicted molar refractivity (Wildman–Crippen MR) is 349 cm³/mol. The van der Waals surface area contributed by atoms with Crippen LogP contribution in [0.1, 0.15) is 349 Å². The number of hydrogen-bond acceptors (Lipinski definition) is 15. The number of rotatable bonds is 68. The van der Waals surface area contributed by atoms with Crippen molar-refractivity contribution in [2.75, 3.05) is 39.6 Å². The smallest absolute Gasteiger partial charge is 0.462 e. The number of carbonyl (C=O) groups is 4. The van der Waals surface area contributed by atoms with E-state index in [1.54, 1.807) is 0 Å². The maximum atomic E-state index is 13.0. The molecule has 87 heavy (non-hydrogen) atoms. The highest BCUT2D eigenvalue weighted by atomic mass is 31.2. The molecule has 0 spiro atoms. The van der Waals surface area contributed by atoms with E-state index in [0.717, 1.165) is 109 Å². The molecule has 0 saturated heterocycles. The maximum Gasteiger partial charge on any atom is 0.472 e. The zero-order valence-electron chi connectivity index (χ0n) is 56.2. The first-order chi connectivity index (χ1) is 42.1. The molecular formula is C68H132O17P2. The van der Waals surface area contributed by atoms with Crippen molar-refractivity contribution in [2.24, 2.45) is 5.92 Å². The zero-order valence-corrected chi connectivity index (χ0v) is 57.9. The Kier molecular flexibility index (Phi) is 60.2. The van der Waals surface area contributed by atoms with E-state index < -0.39 is 97.5 Å². The summed E-state index contributed by atoms with van der Waals surface area (Å²) in [6.07, 6.45) is 47.3.